The molecule has 1 aliphatic rings. The van der Waals surface area contributed by atoms with Crippen LogP contribution < -0.4 is 4.74 Å². The number of nitrogens with zero attached hydrogens (tertiary/aromatic N) is 2. The van der Waals surface area contributed by atoms with Crippen LogP contribution in [-0.2, 0) is 10.2 Å². The highest BCUT2D eigenvalue weighted by Crippen LogP contribution is 2.41. The Bertz CT molecular complexity index is 1220. The first-order chi connectivity index (χ1) is 16.7. The van der Waals surface area contributed by atoms with Crippen molar-refractivity contribution in [3.63, 3.8) is 0 Å². The summed E-state index contributed by atoms with van der Waals surface area (Å²) in [6.45, 7) is 2.81. The third kappa shape index (κ3) is 5.08. The summed E-state index contributed by atoms with van der Waals surface area (Å²) in [6, 6.07) is 19.5. The number of carbonyl (C=O) groups excluding carboxylic acids is 1. The van der Waals surface area contributed by atoms with Gasteiger partial charge in [-0.05, 0) is 65.9 Å². The van der Waals surface area contributed by atoms with E-state index in [1.165, 1.54) is 4.90 Å². The third-order valence-corrected chi connectivity index (χ3v) is 7.68. The van der Waals surface area contributed by atoms with Crippen molar-refractivity contribution in [1.29, 1.82) is 0 Å². The molecule has 3 aromatic rings. The number of carboxylic acid groups (broad SMARTS) is 1. The van der Waals surface area contributed by atoms with Crippen LogP contribution in [0.1, 0.15) is 43.4 Å². The van der Waals surface area contributed by atoms with Gasteiger partial charge in [0.25, 0.3) is 0 Å². The van der Waals surface area contributed by atoms with Crippen molar-refractivity contribution < 1.29 is 19.4 Å². The molecular weight excluding hydrogens is 464 g/mol. The summed E-state index contributed by atoms with van der Waals surface area (Å²) >= 11 is 6.41. The van der Waals surface area contributed by atoms with Crippen molar-refractivity contribution in [1.82, 2.24) is 9.80 Å². The fraction of sp³-hybridized carbons (Fsp3) is 0.357. The van der Waals surface area contributed by atoms with Gasteiger partial charge in [0.2, 0.25) is 5.91 Å². The number of halogens is 1. The summed E-state index contributed by atoms with van der Waals surface area (Å²) < 4.78 is 5.31. The SMILES string of the molecule is COc1ccc(C2(CC(=O)N(C)C(C)c3cc(Cl)cc4ccccc34)CCN(C(=O)O)CC2)cc1. The molecule has 1 atom stereocenters. The highest BCUT2D eigenvalue weighted by Gasteiger charge is 2.40. The van der Waals surface area contributed by atoms with Crippen LogP contribution in [0, 0.1) is 0 Å². The highest BCUT2D eigenvalue weighted by atomic mass is 35.5. The maximum atomic E-state index is 13.7. The van der Waals surface area contributed by atoms with Crippen molar-refractivity contribution in [2.75, 3.05) is 27.2 Å². The zero-order chi connectivity index (χ0) is 25.2. The van der Waals surface area contributed by atoms with Crippen molar-refractivity contribution in [2.45, 2.75) is 37.6 Å². The molecule has 0 radical (unpaired) electrons. The first-order valence-corrected chi connectivity index (χ1v) is 12.2. The van der Waals surface area contributed by atoms with E-state index in [9.17, 15) is 14.7 Å². The van der Waals surface area contributed by atoms with Gasteiger partial charge in [0.1, 0.15) is 5.75 Å². The number of rotatable bonds is 6. The number of hydrogen-bond acceptors (Lipinski definition) is 3. The number of carbonyl (C=O) groups is 2. The summed E-state index contributed by atoms with van der Waals surface area (Å²) in [5.74, 6) is 0.762. The lowest BCUT2D eigenvalue weighted by molar-refractivity contribution is -0.133. The van der Waals surface area contributed by atoms with Gasteiger partial charge in [-0.2, -0.15) is 0 Å². The van der Waals surface area contributed by atoms with Gasteiger partial charge in [-0.3, -0.25) is 4.79 Å². The van der Waals surface area contributed by atoms with E-state index >= 15 is 0 Å². The van der Waals surface area contributed by atoms with Crippen molar-refractivity contribution >= 4 is 34.4 Å². The Morgan fingerprint density at radius 1 is 1.11 bits per heavy atom. The molecule has 1 saturated heterocycles. The summed E-state index contributed by atoms with van der Waals surface area (Å²) in [6.07, 6.45) is 0.545. The molecule has 0 bridgehead atoms. The molecule has 1 N–H and O–H groups in total. The minimum absolute atomic E-state index is 0.0150. The molecule has 1 heterocycles. The second-order valence-corrected chi connectivity index (χ2v) is 9.79. The Morgan fingerprint density at radius 2 is 1.77 bits per heavy atom. The Hall–Kier alpha value is -3.25. The third-order valence-electron chi connectivity index (χ3n) is 7.47. The van der Waals surface area contributed by atoms with E-state index in [0.717, 1.165) is 27.6 Å². The topological polar surface area (TPSA) is 70.1 Å². The number of methoxy groups -OCH3 is 1. The van der Waals surface area contributed by atoms with Crippen LogP contribution in [-0.4, -0.2) is 54.2 Å². The van der Waals surface area contributed by atoms with Gasteiger partial charge in [-0.15, -0.1) is 0 Å². The zero-order valence-electron chi connectivity index (χ0n) is 20.3. The zero-order valence-corrected chi connectivity index (χ0v) is 21.1. The van der Waals surface area contributed by atoms with Crippen molar-refractivity contribution in [3.05, 3.63) is 76.8 Å². The Morgan fingerprint density at radius 3 is 2.40 bits per heavy atom. The predicted octanol–water partition coefficient (Wildman–Crippen LogP) is 6.12. The molecule has 2 amide bonds. The van der Waals surface area contributed by atoms with Crippen molar-refractivity contribution in [2.24, 2.45) is 0 Å². The van der Waals surface area contributed by atoms with E-state index in [-0.39, 0.29) is 11.9 Å². The van der Waals surface area contributed by atoms with Gasteiger partial charge in [0.05, 0.1) is 13.2 Å². The summed E-state index contributed by atoms with van der Waals surface area (Å²) in [4.78, 5) is 28.4. The molecule has 1 fully saturated rings. The number of piperidine rings is 1. The Balaban J connectivity index is 1.62. The molecular formula is C28H31ClN2O4. The van der Waals surface area contributed by atoms with Crippen LogP contribution in [0.5, 0.6) is 5.75 Å². The van der Waals surface area contributed by atoms with Crippen LogP contribution in [0.15, 0.2) is 60.7 Å². The summed E-state index contributed by atoms with van der Waals surface area (Å²) in [5, 5.41) is 12.2. The van der Waals surface area contributed by atoms with Crippen LogP contribution >= 0.6 is 11.6 Å². The van der Waals surface area contributed by atoms with Gasteiger partial charge in [0, 0.05) is 37.0 Å². The van der Waals surface area contributed by atoms with Gasteiger partial charge in [0.15, 0.2) is 0 Å². The van der Waals surface area contributed by atoms with Gasteiger partial charge in [-0.1, -0.05) is 48.0 Å². The second-order valence-electron chi connectivity index (χ2n) is 9.35. The average molecular weight is 495 g/mol. The fourth-order valence-electron chi connectivity index (χ4n) is 5.12. The molecule has 7 heteroatoms. The normalized spacial score (nSPS) is 16.1. The number of amides is 2. The fourth-order valence-corrected chi connectivity index (χ4v) is 5.36. The summed E-state index contributed by atoms with van der Waals surface area (Å²) in [5.41, 5.74) is 1.59. The molecule has 0 saturated carbocycles. The quantitative estimate of drug-likeness (QED) is 0.448. The van der Waals surface area contributed by atoms with Crippen LogP contribution in [0.4, 0.5) is 4.79 Å². The van der Waals surface area contributed by atoms with E-state index in [2.05, 4.69) is 6.07 Å². The molecule has 35 heavy (non-hydrogen) atoms. The van der Waals surface area contributed by atoms with E-state index < -0.39 is 11.5 Å². The lowest BCUT2D eigenvalue weighted by atomic mass is 9.70. The molecule has 1 aliphatic heterocycles. The summed E-state index contributed by atoms with van der Waals surface area (Å²) in [7, 11) is 3.45. The van der Waals surface area contributed by atoms with E-state index in [1.807, 2.05) is 68.6 Å². The molecule has 184 valence electrons. The lowest BCUT2D eigenvalue weighted by Gasteiger charge is -2.42. The standard InChI is InChI=1S/C28H31ClN2O4/c1-19(25-17-22(29)16-20-6-4-5-7-24(20)25)30(2)26(32)18-28(12-14-31(15-13-28)27(33)34)21-8-10-23(35-3)11-9-21/h4-11,16-17,19H,12-15,18H2,1-3H3,(H,33,34). The van der Waals surface area contributed by atoms with Crippen LogP contribution in [0.25, 0.3) is 10.8 Å². The molecule has 1 unspecified atom stereocenters. The smallest absolute Gasteiger partial charge is 0.407 e. The molecule has 6 nitrogen and oxygen atoms in total. The first kappa shape index (κ1) is 24.9. The molecule has 3 aromatic carbocycles. The van der Waals surface area contributed by atoms with Crippen LogP contribution in [0.3, 0.4) is 0 Å². The van der Waals surface area contributed by atoms with Gasteiger partial charge in [-0.25, -0.2) is 4.79 Å². The predicted molar refractivity (Wildman–Crippen MR) is 138 cm³/mol. The van der Waals surface area contributed by atoms with Crippen LogP contribution in [0.2, 0.25) is 5.02 Å². The Labute approximate surface area is 211 Å². The minimum atomic E-state index is -0.918. The number of benzene rings is 3. The molecule has 4 rings (SSSR count). The molecule has 0 aliphatic carbocycles. The number of ether oxygens (including phenoxy) is 1. The molecule has 0 aromatic heterocycles. The second kappa shape index (κ2) is 10.2. The minimum Gasteiger partial charge on any atom is -0.497 e. The van der Waals surface area contributed by atoms with E-state index in [1.54, 1.807) is 12.0 Å². The van der Waals surface area contributed by atoms with E-state index in [0.29, 0.717) is 37.4 Å². The van der Waals surface area contributed by atoms with Crippen molar-refractivity contribution in [3.8, 4) is 5.75 Å². The highest BCUT2D eigenvalue weighted by molar-refractivity contribution is 6.31. The number of fused-ring (bicyclic) bond motifs is 1. The average Bonchev–Trinajstić information content (AvgIpc) is 2.87. The maximum absolute atomic E-state index is 13.7. The van der Waals surface area contributed by atoms with E-state index in [4.69, 9.17) is 16.3 Å². The molecule has 0 spiro atoms. The number of likely N-dealkylation sites (tertiary alicyclic amines) is 1. The monoisotopic (exact) mass is 494 g/mol. The number of hydrogen-bond donors (Lipinski definition) is 1. The van der Waals surface area contributed by atoms with Gasteiger partial charge >= 0.3 is 6.09 Å². The largest absolute Gasteiger partial charge is 0.497 e. The maximum Gasteiger partial charge on any atom is 0.407 e. The van der Waals surface area contributed by atoms with Gasteiger partial charge < -0.3 is 19.6 Å². The lowest BCUT2D eigenvalue weighted by Crippen LogP contribution is -2.47. The first-order valence-electron chi connectivity index (χ1n) is 11.8. The Kier molecular flexibility index (Phi) is 7.22.